The third kappa shape index (κ3) is 2.94. The average Bonchev–Trinajstić information content (AvgIpc) is 3.25. The van der Waals surface area contributed by atoms with E-state index in [-0.39, 0.29) is 11.8 Å². The number of carbonyl (C=O) groups excluding carboxylic acids is 2. The molecule has 1 atom stereocenters. The lowest BCUT2D eigenvalue weighted by Crippen LogP contribution is -2.55. The van der Waals surface area contributed by atoms with Crippen molar-refractivity contribution in [3.63, 3.8) is 0 Å². The Kier molecular flexibility index (Phi) is 4.27. The number of aromatic nitrogens is 1. The summed E-state index contributed by atoms with van der Waals surface area (Å²) in [7, 11) is 0. The molecule has 0 aromatic carbocycles. The van der Waals surface area contributed by atoms with E-state index in [9.17, 15) is 9.59 Å². The summed E-state index contributed by atoms with van der Waals surface area (Å²) in [5.41, 5.74) is -0.0792. The Morgan fingerprint density at radius 2 is 2.08 bits per heavy atom. The van der Waals surface area contributed by atoms with Crippen molar-refractivity contribution < 1.29 is 18.8 Å². The minimum absolute atomic E-state index is 0.135. The molecule has 0 radical (unpaired) electrons. The van der Waals surface area contributed by atoms with Crippen LogP contribution in [-0.4, -0.2) is 65.7 Å². The standard InChI is InChI=1S/C18H25N3O4/c1-13-11-15(19-25-13)16(22)20-8-6-18(12-20)5-2-7-21(17(18)23)14-3-9-24-10-4-14/h11,14H,2-10,12H2,1H3. The zero-order valence-electron chi connectivity index (χ0n) is 14.7. The second-order valence-corrected chi connectivity index (χ2v) is 7.53. The number of piperidine rings is 1. The van der Waals surface area contributed by atoms with Crippen LogP contribution in [0, 0.1) is 12.3 Å². The van der Waals surface area contributed by atoms with Crippen LogP contribution in [0.5, 0.6) is 0 Å². The average molecular weight is 347 g/mol. The third-order valence-corrected chi connectivity index (χ3v) is 5.89. The molecule has 0 aliphatic carbocycles. The number of likely N-dealkylation sites (tertiary alicyclic amines) is 2. The summed E-state index contributed by atoms with van der Waals surface area (Å²) in [4.78, 5) is 29.7. The van der Waals surface area contributed by atoms with Gasteiger partial charge in [0.2, 0.25) is 5.91 Å². The van der Waals surface area contributed by atoms with Crippen LogP contribution in [0.4, 0.5) is 0 Å². The quantitative estimate of drug-likeness (QED) is 0.812. The molecular formula is C18H25N3O4. The molecule has 0 bridgehead atoms. The Bertz CT molecular complexity index is 667. The van der Waals surface area contributed by atoms with Crippen molar-refractivity contribution in [3.8, 4) is 0 Å². The number of amides is 2. The van der Waals surface area contributed by atoms with Crippen molar-refractivity contribution in [1.82, 2.24) is 15.0 Å². The van der Waals surface area contributed by atoms with Crippen LogP contribution >= 0.6 is 0 Å². The summed E-state index contributed by atoms with van der Waals surface area (Å²) in [6, 6.07) is 1.95. The molecule has 3 saturated heterocycles. The molecule has 2 amide bonds. The SMILES string of the molecule is Cc1cc(C(=O)N2CCC3(CCCN(C4CCOCC4)C3=O)C2)no1. The zero-order valence-corrected chi connectivity index (χ0v) is 14.7. The van der Waals surface area contributed by atoms with E-state index in [4.69, 9.17) is 9.26 Å². The van der Waals surface area contributed by atoms with Crippen LogP contribution in [0.1, 0.15) is 48.4 Å². The number of hydrogen-bond acceptors (Lipinski definition) is 5. The Balaban J connectivity index is 1.48. The van der Waals surface area contributed by atoms with E-state index < -0.39 is 5.41 Å². The first-order valence-corrected chi connectivity index (χ1v) is 9.20. The molecule has 4 rings (SSSR count). The van der Waals surface area contributed by atoms with E-state index in [1.807, 2.05) is 0 Å². The van der Waals surface area contributed by atoms with Gasteiger partial charge < -0.3 is 19.1 Å². The second-order valence-electron chi connectivity index (χ2n) is 7.53. The highest BCUT2D eigenvalue weighted by molar-refractivity contribution is 5.94. The van der Waals surface area contributed by atoms with E-state index in [0.29, 0.717) is 30.6 Å². The Labute approximate surface area is 147 Å². The first kappa shape index (κ1) is 16.6. The molecule has 1 spiro atoms. The van der Waals surface area contributed by atoms with Crippen LogP contribution in [0.15, 0.2) is 10.6 Å². The summed E-state index contributed by atoms with van der Waals surface area (Å²) in [5.74, 6) is 0.721. The van der Waals surface area contributed by atoms with Gasteiger partial charge in [-0.1, -0.05) is 5.16 Å². The molecule has 25 heavy (non-hydrogen) atoms. The second kappa shape index (κ2) is 6.44. The van der Waals surface area contributed by atoms with Gasteiger partial charge in [0.05, 0.1) is 5.41 Å². The maximum Gasteiger partial charge on any atom is 0.276 e. The Morgan fingerprint density at radius 1 is 1.28 bits per heavy atom. The molecule has 1 aromatic heterocycles. The van der Waals surface area contributed by atoms with Gasteiger partial charge in [-0.15, -0.1) is 0 Å². The molecule has 3 fully saturated rings. The highest BCUT2D eigenvalue weighted by Crippen LogP contribution is 2.41. The summed E-state index contributed by atoms with van der Waals surface area (Å²) in [6.07, 6.45) is 4.46. The van der Waals surface area contributed by atoms with Gasteiger partial charge in [-0.05, 0) is 39.0 Å². The Morgan fingerprint density at radius 3 is 2.80 bits per heavy atom. The van der Waals surface area contributed by atoms with Crippen molar-refractivity contribution in [2.45, 2.75) is 45.1 Å². The molecule has 7 heteroatoms. The minimum atomic E-state index is -0.412. The lowest BCUT2D eigenvalue weighted by atomic mass is 9.77. The number of carbonyl (C=O) groups is 2. The van der Waals surface area contributed by atoms with Gasteiger partial charge in [-0.25, -0.2) is 0 Å². The van der Waals surface area contributed by atoms with Gasteiger partial charge >= 0.3 is 0 Å². The van der Waals surface area contributed by atoms with Crippen LogP contribution in [-0.2, 0) is 9.53 Å². The predicted molar refractivity (Wildman–Crippen MR) is 89.0 cm³/mol. The van der Waals surface area contributed by atoms with E-state index in [2.05, 4.69) is 10.1 Å². The van der Waals surface area contributed by atoms with Gasteiger partial charge in [-0.3, -0.25) is 9.59 Å². The van der Waals surface area contributed by atoms with E-state index >= 15 is 0 Å². The molecule has 7 nitrogen and oxygen atoms in total. The fourth-order valence-corrected chi connectivity index (χ4v) is 4.50. The van der Waals surface area contributed by atoms with Crippen molar-refractivity contribution in [2.75, 3.05) is 32.8 Å². The highest BCUT2D eigenvalue weighted by atomic mass is 16.5. The van der Waals surface area contributed by atoms with Crippen molar-refractivity contribution >= 4 is 11.8 Å². The summed E-state index contributed by atoms with van der Waals surface area (Å²) >= 11 is 0. The normalized spacial score (nSPS) is 28.1. The third-order valence-electron chi connectivity index (χ3n) is 5.89. The first-order chi connectivity index (χ1) is 12.1. The molecule has 0 N–H and O–H groups in total. The molecular weight excluding hydrogens is 322 g/mol. The number of ether oxygens (including phenoxy) is 1. The maximum absolute atomic E-state index is 13.3. The van der Waals surface area contributed by atoms with E-state index in [0.717, 1.165) is 51.9 Å². The van der Waals surface area contributed by atoms with Gasteiger partial charge in [0.25, 0.3) is 5.91 Å². The number of aryl methyl sites for hydroxylation is 1. The monoisotopic (exact) mass is 347 g/mol. The zero-order chi connectivity index (χ0) is 17.4. The molecule has 4 heterocycles. The van der Waals surface area contributed by atoms with Gasteiger partial charge in [0, 0.05) is 45.0 Å². The van der Waals surface area contributed by atoms with Crippen molar-refractivity contribution in [2.24, 2.45) is 5.41 Å². The van der Waals surface area contributed by atoms with Crippen molar-refractivity contribution in [1.29, 1.82) is 0 Å². The van der Waals surface area contributed by atoms with Gasteiger partial charge in [0.1, 0.15) is 5.76 Å². The van der Waals surface area contributed by atoms with Crippen LogP contribution in [0.2, 0.25) is 0 Å². The topological polar surface area (TPSA) is 75.9 Å². The fourth-order valence-electron chi connectivity index (χ4n) is 4.50. The molecule has 0 saturated carbocycles. The molecule has 3 aliphatic heterocycles. The van der Waals surface area contributed by atoms with Gasteiger partial charge in [-0.2, -0.15) is 0 Å². The van der Waals surface area contributed by atoms with Crippen LogP contribution in [0.3, 0.4) is 0 Å². The summed E-state index contributed by atoms with van der Waals surface area (Å²) in [5, 5.41) is 3.83. The number of rotatable bonds is 2. The Hall–Kier alpha value is -1.89. The van der Waals surface area contributed by atoms with Gasteiger partial charge in [0.15, 0.2) is 5.69 Å². The largest absolute Gasteiger partial charge is 0.381 e. The van der Waals surface area contributed by atoms with Crippen LogP contribution in [0.25, 0.3) is 0 Å². The summed E-state index contributed by atoms with van der Waals surface area (Å²) < 4.78 is 10.5. The molecule has 1 aromatic rings. The lowest BCUT2D eigenvalue weighted by Gasteiger charge is -2.44. The lowest BCUT2D eigenvalue weighted by molar-refractivity contribution is -0.150. The van der Waals surface area contributed by atoms with Crippen molar-refractivity contribution in [3.05, 3.63) is 17.5 Å². The number of nitrogens with zero attached hydrogens (tertiary/aromatic N) is 3. The summed E-state index contributed by atoms with van der Waals surface area (Å²) in [6.45, 7) is 5.18. The minimum Gasteiger partial charge on any atom is -0.381 e. The predicted octanol–water partition coefficient (Wildman–Crippen LogP) is 1.62. The van der Waals surface area contributed by atoms with Crippen LogP contribution < -0.4 is 0 Å². The molecule has 136 valence electrons. The highest BCUT2D eigenvalue weighted by Gasteiger charge is 2.50. The maximum atomic E-state index is 13.3. The fraction of sp³-hybridized carbons (Fsp3) is 0.722. The molecule has 1 unspecified atom stereocenters. The smallest absolute Gasteiger partial charge is 0.276 e. The van der Waals surface area contributed by atoms with E-state index in [1.54, 1.807) is 17.9 Å². The first-order valence-electron chi connectivity index (χ1n) is 9.20. The molecule has 3 aliphatic rings. The number of hydrogen-bond donors (Lipinski definition) is 0. The van der Waals surface area contributed by atoms with E-state index in [1.165, 1.54) is 0 Å².